The highest BCUT2D eigenvalue weighted by atomic mass is 16.5. The molecule has 1 aromatic rings. The summed E-state index contributed by atoms with van der Waals surface area (Å²) in [4.78, 5) is 9.28. The van der Waals surface area contributed by atoms with Crippen molar-refractivity contribution in [3.63, 3.8) is 0 Å². The van der Waals surface area contributed by atoms with E-state index in [2.05, 4.69) is 16.0 Å². The molecule has 22 heavy (non-hydrogen) atoms. The summed E-state index contributed by atoms with van der Waals surface area (Å²) in [7, 11) is 1.81. The van der Waals surface area contributed by atoms with Crippen molar-refractivity contribution in [3.8, 4) is 6.07 Å². The maximum atomic E-state index is 8.97. The van der Waals surface area contributed by atoms with Crippen molar-refractivity contribution in [1.82, 2.24) is 9.97 Å². The quantitative estimate of drug-likeness (QED) is 0.848. The number of nitriles is 1. The van der Waals surface area contributed by atoms with Crippen LogP contribution in [0.15, 0.2) is 12.4 Å². The van der Waals surface area contributed by atoms with E-state index in [-0.39, 0.29) is 5.92 Å². The largest absolute Gasteiger partial charge is 0.381 e. The highest BCUT2D eigenvalue weighted by Crippen LogP contribution is 2.36. The van der Waals surface area contributed by atoms with Crippen LogP contribution in [0.1, 0.15) is 74.6 Å². The summed E-state index contributed by atoms with van der Waals surface area (Å²) >= 11 is 0. The zero-order valence-electron chi connectivity index (χ0n) is 13.4. The van der Waals surface area contributed by atoms with Gasteiger partial charge in [0.25, 0.3) is 0 Å². The lowest BCUT2D eigenvalue weighted by molar-refractivity contribution is 0.0658. The molecule has 1 heterocycles. The number of hydrogen-bond acceptors (Lipinski definition) is 4. The number of methoxy groups -OCH3 is 1. The Morgan fingerprint density at radius 1 is 0.955 bits per heavy atom. The third-order valence-electron chi connectivity index (χ3n) is 5.45. The first-order valence-electron chi connectivity index (χ1n) is 8.54. The zero-order valence-corrected chi connectivity index (χ0v) is 13.4. The lowest BCUT2D eigenvalue weighted by Gasteiger charge is -2.28. The minimum atomic E-state index is 0.242. The van der Waals surface area contributed by atoms with Crippen LogP contribution in [0.5, 0.6) is 0 Å². The summed E-state index contributed by atoms with van der Waals surface area (Å²) in [5.41, 5.74) is 1.28. The maximum absolute atomic E-state index is 8.97. The minimum absolute atomic E-state index is 0.242. The second kappa shape index (κ2) is 7.19. The topological polar surface area (TPSA) is 58.8 Å². The molecule has 4 nitrogen and oxygen atoms in total. The molecule has 0 atom stereocenters. The average Bonchev–Trinajstić information content (AvgIpc) is 2.62. The van der Waals surface area contributed by atoms with Gasteiger partial charge in [-0.15, -0.1) is 0 Å². The van der Waals surface area contributed by atoms with Gasteiger partial charge in [0.2, 0.25) is 0 Å². The lowest BCUT2D eigenvalue weighted by Crippen LogP contribution is -2.20. The van der Waals surface area contributed by atoms with Gasteiger partial charge >= 0.3 is 0 Å². The summed E-state index contributed by atoms with van der Waals surface area (Å²) in [5.74, 6) is 2.26. The molecule has 2 aliphatic rings. The van der Waals surface area contributed by atoms with Gasteiger partial charge in [-0.05, 0) is 62.8 Å². The van der Waals surface area contributed by atoms with Crippen molar-refractivity contribution >= 4 is 0 Å². The van der Waals surface area contributed by atoms with E-state index in [9.17, 15) is 0 Å². The first-order chi connectivity index (χ1) is 10.8. The van der Waals surface area contributed by atoms with Crippen LogP contribution in [0.4, 0.5) is 0 Å². The second-order valence-electron chi connectivity index (χ2n) is 6.76. The van der Waals surface area contributed by atoms with Crippen LogP contribution in [-0.4, -0.2) is 23.2 Å². The average molecular weight is 299 g/mol. The Morgan fingerprint density at radius 2 is 1.55 bits per heavy atom. The molecular weight excluding hydrogens is 274 g/mol. The van der Waals surface area contributed by atoms with Gasteiger partial charge < -0.3 is 4.74 Å². The minimum Gasteiger partial charge on any atom is -0.381 e. The number of rotatable bonds is 3. The Morgan fingerprint density at radius 3 is 2.09 bits per heavy atom. The molecule has 0 saturated heterocycles. The van der Waals surface area contributed by atoms with Crippen molar-refractivity contribution in [3.05, 3.63) is 23.8 Å². The van der Waals surface area contributed by atoms with Gasteiger partial charge in [-0.25, -0.2) is 9.97 Å². The number of ether oxygens (including phenoxy) is 1. The van der Waals surface area contributed by atoms with E-state index in [4.69, 9.17) is 10.00 Å². The fraction of sp³-hybridized carbons (Fsp3) is 0.722. The first kappa shape index (κ1) is 15.4. The smallest absolute Gasteiger partial charge is 0.131 e. The van der Waals surface area contributed by atoms with E-state index in [0.717, 1.165) is 44.3 Å². The predicted molar refractivity (Wildman–Crippen MR) is 84.4 cm³/mol. The standard InChI is InChI=1S/C18H25N3O/c1-22-17-8-6-14(7-9-17)16-11-20-18(21-12-16)15-4-2-13(10-19)3-5-15/h11-15,17H,2-9H2,1H3. The number of aromatic nitrogens is 2. The SMILES string of the molecule is COC1CCC(c2cnc(C3CCC(C#N)CC3)nc2)CC1. The molecule has 2 fully saturated rings. The maximum Gasteiger partial charge on any atom is 0.131 e. The van der Waals surface area contributed by atoms with Gasteiger partial charge in [0.1, 0.15) is 5.82 Å². The summed E-state index contributed by atoms with van der Waals surface area (Å²) in [6, 6.07) is 2.39. The monoisotopic (exact) mass is 299 g/mol. The van der Waals surface area contributed by atoms with E-state index in [1.54, 1.807) is 0 Å². The Kier molecular flexibility index (Phi) is 5.04. The van der Waals surface area contributed by atoms with Crippen LogP contribution in [0.2, 0.25) is 0 Å². The van der Waals surface area contributed by atoms with Crippen molar-refractivity contribution in [2.45, 2.75) is 69.3 Å². The van der Waals surface area contributed by atoms with E-state index >= 15 is 0 Å². The lowest BCUT2D eigenvalue weighted by atomic mass is 9.82. The molecule has 0 aromatic carbocycles. The Hall–Kier alpha value is -1.47. The molecule has 0 spiro atoms. The van der Waals surface area contributed by atoms with E-state index in [1.165, 1.54) is 18.4 Å². The van der Waals surface area contributed by atoms with Crippen LogP contribution < -0.4 is 0 Å². The molecule has 2 saturated carbocycles. The van der Waals surface area contributed by atoms with E-state index < -0.39 is 0 Å². The Balaban J connectivity index is 1.58. The summed E-state index contributed by atoms with van der Waals surface area (Å²) < 4.78 is 5.44. The molecule has 0 aliphatic heterocycles. The van der Waals surface area contributed by atoms with Crippen LogP contribution in [0.3, 0.4) is 0 Å². The molecule has 118 valence electrons. The number of nitrogens with zero attached hydrogens (tertiary/aromatic N) is 3. The Labute approximate surface area is 132 Å². The highest BCUT2D eigenvalue weighted by molar-refractivity contribution is 5.14. The molecule has 2 aliphatic carbocycles. The fourth-order valence-corrected chi connectivity index (χ4v) is 3.88. The normalized spacial score (nSPS) is 32.4. The van der Waals surface area contributed by atoms with Crippen LogP contribution >= 0.6 is 0 Å². The molecule has 0 N–H and O–H groups in total. The summed E-state index contributed by atoms with van der Waals surface area (Å²) in [5, 5.41) is 8.97. The van der Waals surface area contributed by atoms with Crippen LogP contribution in [0.25, 0.3) is 0 Å². The van der Waals surface area contributed by atoms with Gasteiger partial charge in [0, 0.05) is 31.3 Å². The van der Waals surface area contributed by atoms with Gasteiger partial charge in [0.15, 0.2) is 0 Å². The van der Waals surface area contributed by atoms with E-state index in [1.807, 2.05) is 19.5 Å². The molecule has 1 aromatic heterocycles. The molecule has 3 rings (SSSR count). The third-order valence-corrected chi connectivity index (χ3v) is 5.45. The highest BCUT2D eigenvalue weighted by Gasteiger charge is 2.25. The zero-order chi connectivity index (χ0) is 15.4. The Bertz CT molecular complexity index is 506. The summed E-state index contributed by atoms with van der Waals surface area (Å²) in [6.07, 6.45) is 13.2. The van der Waals surface area contributed by atoms with E-state index in [0.29, 0.717) is 17.9 Å². The van der Waals surface area contributed by atoms with Gasteiger partial charge in [-0.1, -0.05) is 0 Å². The molecular formula is C18H25N3O. The summed E-state index contributed by atoms with van der Waals surface area (Å²) in [6.45, 7) is 0. The van der Waals surface area contributed by atoms with Crippen LogP contribution in [-0.2, 0) is 4.74 Å². The molecule has 0 radical (unpaired) electrons. The predicted octanol–water partition coefficient (Wildman–Crippen LogP) is 3.95. The second-order valence-corrected chi connectivity index (χ2v) is 6.76. The van der Waals surface area contributed by atoms with Gasteiger partial charge in [-0.3, -0.25) is 0 Å². The third kappa shape index (κ3) is 3.47. The van der Waals surface area contributed by atoms with Crippen molar-refractivity contribution < 1.29 is 4.74 Å². The van der Waals surface area contributed by atoms with Crippen LogP contribution in [0, 0.1) is 17.2 Å². The first-order valence-corrected chi connectivity index (χ1v) is 8.54. The van der Waals surface area contributed by atoms with Crippen molar-refractivity contribution in [1.29, 1.82) is 5.26 Å². The van der Waals surface area contributed by atoms with Gasteiger partial charge in [0.05, 0.1) is 12.2 Å². The fourth-order valence-electron chi connectivity index (χ4n) is 3.88. The molecule has 0 bridgehead atoms. The van der Waals surface area contributed by atoms with Crippen molar-refractivity contribution in [2.24, 2.45) is 5.92 Å². The molecule has 0 amide bonds. The van der Waals surface area contributed by atoms with Gasteiger partial charge in [-0.2, -0.15) is 5.26 Å². The molecule has 0 unspecified atom stereocenters. The molecule has 4 heteroatoms. The van der Waals surface area contributed by atoms with Crippen molar-refractivity contribution in [2.75, 3.05) is 7.11 Å². The number of hydrogen-bond donors (Lipinski definition) is 0.